The first-order valence-corrected chi connectivity index (χ1v) is 7.72. The van der Waals surface area contributed by atoms with E-state index in [4.69, 9.17) is 21.6 Å². The molecule has 0 atom stereocenters. The molecule has 0 fully saturated rings. The van der Waals surface area contributed by atoms with Crippen molar-refractivity contribution in [2.24, 2.45) is 0 Å². The Balaban J connectivity index is 2.56. The smallest absolute Gasteiger partial charge is 0.150 e. The van der Waals surface area contributed by atoms with Gasteiger partial charge in [0.05, 0.1) is 17.4 Å². The van der Waals surface area contributed by atoms with Gasteiger partial charge in [-0.3, -0.25) is 0 Å². The van der Waals surface area contributed by atoms with Crippen molar-refractivity contribution in [3.05, 3.63) is 28.8 Å². The number of nitriles is 1. The molecule has 0 radical (unpaired) electrons. The van der Waals surface area contributed by atoms with Gasteiger partial charge in [-0.1, -0.05) is 24.6 Å². The van der Waals surface area contributed by atoms with Gasteiger partial charge in [-0.2, -0.15) is 5.26 Å². The molecule has 0 spiro atoms. The highest BCUT2D eigenvalue weighted by Gasteiger charge is 2.09. The maximum Gasteiger partial charge on any atom is 0.150 e. The lowest BCUT2D eigenvalue weighted by molar-refractivity contribution is 0.317. The van der Waals surface area contributed by atoms with Gasteiger partial charge in [0.2, 0.25) is 0 Å². The van der Waals surface area contributed by atoms with E-state index >= 15 is 0 Å². The van der Waals surface area contributed by atoms with Crippen LogP contribution in [0.25, 0.3) is 0 Å². The molecule has 6 heteroatoms. The van der Waals surface area contributed by atoms with E-state index in [1.807, 2.05) is 6.07 Å². The second-order valence-corrected chi connectivity index (χ2v) is 6.54. The summed E-state index contributed by atoms with van der Waals surface area (Å²) in [5.74, 6) is 0.610. The Morgan fingerprint density at radius 3 is 2.78 bits per heavy atom. The summed E-state index contributed by atoms with van der Waals surface area (Å²) in [5.41, 5.74) is 0.275. The molecule has 1 rings (SSSR count). The largest absolute Gasteiger partial charge is 0.492 e. The third kappa shape index (κ3) is 4.21. The first-order valence-electron chi connectivity index (χ1n) is 5.52. The predicted molar refractivity (Wildman–Crippen MR) is 70.6 cm³/mol. The van der Waals surface area contributed by atoms with E-state index in [1.165, 1.54) is 0 Å². The summed E-state index contributed by atoms with van der Waals surface area (Å²) in [5, 5.41) is 9.24. The molecule has 98 valence electrons. The molecule has 0 aliphatic rings. The molecule has 0 heterocycles. The average Bonchev–Trinajstić information content (AvgIpc) is 2.35. The van der Waals surface area contributed by atoms with E-state index in [0.717, 1.165) is 0 Å². The van der Waals surface area contributed by atoms with Gasteiger partial charge in [-0.05, 0) is 18.6 Å². The zero-order valence-electron chi connectivity index (χ0n) is 10.0. The van der Waals surface area contributed by atoms with E-state index in [2.05, 4.69) is 0 Å². The molecular weight excluding hydrogens is 274 g/mol. The Labute approximate surface area is 112 Å². The van der Waals surface area contributed by atoms with Crippen molar-refractivity contribution in [2.45, 2.75) is 13.3 Å². The number of sulfone groups is 1. The molecule has 18 heavy (non-hydrogen) atoms. The van der Waals surface area contributed by atoms with Gasteiger partial charge in [0.15, 0.2) is 0 Å². The Morgan fingerprint density at radius 1 is 1.44 bits per heavy atom. The average molecular weight is 288 g/mol. The first kappa shape index (κ1) is 14.8. The number of halogens is 1. The van der Waals surface area contributed by atoms with Crippen molar-refractivity contribution in [3.8, 4) is 11.8 Å². The minimum atomic E-state index is -2.97. The van der Waals surface area contributed by atoms with Crippen molar-refractivity contribution in [3.63, 3.8) is 0 Å². The van der Waals surface area contributed by atoms with Crippen molar-refractivity contribution in [1.29, 1.82) is 5.26 Å². The zero-order valence-corrected chi connectivity index (χ0v) is 11.6. The SMILES string of the molecule is CCS(=O)(=O)CCCOc1cccc(Cl)c1C#N. The zero-order chi connectivity index (χ0) is 13.6. The van der Waals surface area contributed by atoms with Gasteiger partial charge < -0.3 is 4.74 Å². The van der Waals surface area contributed by atoms with E-state index in [1.54, 1.807) is 25.1 Å². The first-order chi connectivity index (χ1) is 8.50. The molecular formula is C12H14ClNO3S. The molecule has 0 bridgehead atoms. The fraction of sp³-hybridized carbons (Fsp3) is 0.417. The van der Waals surface area contributed by atoms with Crippen LogP contribution in [-0.4, -0.2) is 26.5 Å². The number of nitrogens with zero attached hydrogens (tertiary/aromatic N) is 1. The molecule has 4 nitrogen and oxygen atoms in total. The van der Waals surface area contributed by atoms with Gasteiger partial charge in [0, 0.05) is 5.75 Å². The van der Waals surface area contributed by atoms with Gasteiger partial charge in [-0.15, -0.1) is 0 Å². The molecule has 0 saturated carbocycles. The lowest BCUT2D eigenvalue weighted by atomic mass is 10.2. The fourth-order valence-corrected chi connectivity index (χ4v) is 2.39. The fourth-order valence-electron chi connectivity index (χ4n) is 1.34. The molecule has 0 unspecified atom stereocenters. The second-order valence-electron chi connectivity index (χ2n) is 3.66. The van der Waals surface area contributed by atoms with Crippen LogP contribution in [0.5, 0.6) is 5.75 Å². The second kappa shape index (κ2) is 6.62. The molecule has 0 aliphatic carbocycles. The van der Waals surface area contributed by atoms with Gasteiger partial charge in [-0.25, -0.2) is 8.42 Å². The molecule has 1 aromatic rings. The Hall–Kier alpha value is -1.25. The highest BCUT2D eigenvalue weighted by atomic mass is 35.5. The molecule has 0 amide bonds. The predicted octanol–water partition coefficient (Wildman–Crippen LogP) is 2.42. The van der Waals surface area contributed by atoms with Gasteiger partial charge in [0.1, 0.15) is 27.2 Å². The number of hydrogen-bond acceptors (Lipinski definition) is 4. The van der Waals surface area contributed by atoms with Crippen molar-refractivity contribution in [1.82, 2.24) is 0 Å². The Bertz CT molecular complexity index is 549. The summed E-state index contributed by atoms with van der Waals surface area (Å²) < 4.78 is 27.9. The van der Waals surface area contributed by atoms with E-state index in [0.29, 0.717) is 17.2 Å². The van der Waals surface area contributed by atoms with Crippen LogP contribution in [0, 0.1) is 11.3 Å². The topological polar surface area (TPSA) is 67.2 Å². The van der Waals surface area contributed by atoms with Gasteiger partial charge in [0.25, 0.3) is 0 Å². The summed E-state index contributed by atoms with van der Waals surface area (Å²) in [7, 11) is -2.97. The summed E-state index contributed by atoms with van der Waals surface area (Å²) >= 11 is 5.84. The number of rotatable bonds is 6. The van der Waals surface area contributed by atoms with Crippen molar-refractivity contribution in [2.75, 3.05) is 18.1 Å². The maximum absolute atomic E-state index is 11.3. The number of ether oxygens (including phenoxy) is 1. The summed E-state index contributed by atoms with van der Waals surface area (Å²) in [6.07, 6.45) is 0.396. The van der Waals surface area contributed by atoms with Gasteiger partial charge >= 0.3 is 0 Å². The maximum atomic E-state index is 11.3. The molecule has 0 aliphatic heterocycles. The molecule has 1 aromatic carbocycles. The third-order valence-corrected chi connectivity index (χ3v) is 4.49. The highest BCUT2D eigenvalue weighted by Crippen LogP contribution is 2.25. The van der Waals surface area contributed by atoms with E-state index in [-0.39, 0.29) is 23.7 Å². The monoisotopic (exact) mass is 287 g/mol. The minimum absolute atomic E-state index is 0.0892. The summed E-state index contributed by atoms with van der Waals surface area (Å²) in [4.78, 5) is 0. The number of benzene rings is 1. The van der Waals surface area contributed by atoms with Crippen molar-refractivity contribution >= 4 is 21.4 Å². The van der Waals surface area contributed by atoms with Crippen molar-refractivity contribution < 1.29 is 13.2 Å². The molecule has 0 saturated heterocycles. The third-order valence-electron chi connectivity index (χ3n) is 2.38. The summed E-state index contributed by atoms with van der Waals surface area (Å²) in [6, 6.07) is 6.88. The van der Waals surface area contributed by atoms with E-state index < -0.39 is 9.84 Å². The van der Waals surface area contributed by atoms with Crippen LogP contribution in [-0.2, 0) is 9.84 Å². The van der Waals surface area contributed by atoms with Crippen LogP contribution < -0.4 is 4.74 Å². The van der Waals surface area contributed by atoms with Crippen LogP contribution >= 0.6 is 11.6 Å². The Kier molecular flexibility index (Phi) is 5.45. The van der Waals surface area contributed by atoms with Crippen LogP contribution in [0.15, 0.2) is 18.2 Å². The number of hydrogen-bond donors (Lipinski definition) is 0. The molecule has 0 N–H and O–H groups in total. The minimum Gasteiger partial charge on any atom is -0.492 e. The van der Waals surface area contributed by atoms with Crippen LogP contribution in [0.4, 0.5) is 0 Å². The van der Waals surface area contributed by atoms with Crippen LogP contribution in [0.3, 0.4) is 0 Å². The lowest BCUT2D eigenvalue weighted by Crippen LogP contribution is -2.12. The quantitative estimate of drug-likeness (QED) is 0.754. The standard InChI is InChI=1S/C12H14ClNO3S/c1-2-18(15,16)8-4-7-17-12-6-3-5-11(13)10(12)9-14/h3,5-6H,2,4,7-8H2,1H3. The molecule has 0 aromatic heterocycles. The van der Waals surface area contributed by atoms with Crippen LogP contribution in [0.2, 0.25) is 5.02 Å². The lowest BCUT2D eigenvalue weighted by Gasteiger charge is -2.08. The van der Waals surface area contributed by atoms with E-state index in [9.17, 15) is 8.42 Å². The summed E-state index contributed by atoms with van der Waals surface area (Å²) in [6.45, 7) is 1.86. The van der Waals surface area contributed by atoms with Crippen LogP contribution in [0.1, 0.15) is 18.9 Å². The normalized spacial score (nSPS) is 10.9. The highest BCUT2D eigenvalue weighted by molar-refractivity contribution is 7.91. The Morgan fingerprint density at radius 2 is 2.17 bits per heavy atom.